The second-order valence-electron chi connectivity index (χ2n) is 11.8. The lowest BCUT2D eigenvalue weighted by Crippen LogP contribution is -2.58. The lowest BCUT2D eigenvalue weighted by molar-refractivity contribution is -0.344. The Labute approximate surface area is 193 Å². The fourth-order valence-electron chi connectivity index (χ4n) is 7.49. The number of allylic oxidation sites excluding steroid dienone is 5. The van der Waals surface area contributed by atoms with Crippen molar-refractivity contribution in [1.82, 2.24) is 0 Å². The largest absolute Gasteiger partial charge is 0.295 e. The van der Waals surface area contributed by atoms with Gasteiger partial charge in [0.15, 0.2) is 11.6 Å². The Kier molecular flexibility index (Phi) is 5.95. The van der Waals surface area contributed by atoms with E-state index >= 15 is 0 Å². The van der Waals surface area contributed by atoms with Crippen LogP contribution in [-0.2, 0) is 14.5 Å². The molecule has 0 aromatic carbocycles. The van der Waals surface area contributed by atoms with Gasteiger partial charge >= 0.3 is 0 Å². The molecule has 4 aliphatic rings. The van der Waals surface area contributed by atoms with Gasteiger partial charge in [-0.2, -0.15) is 0 Å². The average molecular weight is 441 g/mol. The molecule has 0 saturated heterocycles. The standard InChI is InChI=1S/C28H40O4/c1-17(2)18(3)7-8-19(4)21-11-14-28(32-31)23-16-25(30)24-15-20(29)9-12-26(24,5)22(23)10-13-27(21,28)6/h7-8,15-19,21-22,31H,9-14H2,1-6H3/b8-7+/t18-,19+,21+,22-,26+,27+,28+/m0/s1. The number of hydrogen-bond acceptors (Lipinski definition) is 4. The zero-order valence-electron chi connectivity index (χ0n) is 20.6. The van der Waals surface area contributed by atoms with Gasteiger partial charge in [-0.3, -0.25) is 14.8 Å². The van der Waals surface area contributed by atoms with Crippen LogP contribution < -0.4 is 0 Å². The van der Waals surface area contributed by atoms with E-state index in [-0.39, 0.29) is 28.3 Å². The van der Waals surface area contributed by atoms with Gasteiger partial charge in [0.05, 0.1) is 0 Å². The number of ketones is 2. The van der Waals surface area contributed by atoms with Crippen LogP contribution in [0, 0.1) is 40.4 Å². The molecule has 0 aromatic heterocycles. The van der Waals surface area contributed by atoms with Crippen LogP contribution in [-0.4, -0.2) is 22.4 Å². The molecular weight excluding hydrogens is 400 g/mol. The molecule has 4 aliphatic carbocycles. The lowest BCUT2D eigenvalue weighted by Gasteiger charge is -2.58. The van der Waals surface area contributed by atoms with Gasteiger partial charge in [-0.1, -0.05) is 53.7 Å². The normalized spacial score (nSPS) is 41.1. The maximum atomic E-state index is 13.2. The van der Waals surface area contributed by atoms with Gasteiger partial charge in [0.1, 0.15) is 5.60 Å². The smallest absolute Gasteiger partial charge is 0.182 e. The molecular formula is C28H40O4. The quantitative estimate of drug-likeness (QED) is 0.308. The molecule has 0 spiro atoms. The highest BCUT2D eigenvalue weighted by Gasteiger charge is 2.67. The minimum atomic E-state index is -0.821. The molecule has 2 saturated carbocycles. The second-order valence-corrected chi connectivity index (χ2v) is 11.8. The van der Waals surface area contributed by atoms with Crippen LogP contribution in [0.15, 0.2) is 35.5 Å². The minimum absolute atomic E-state index is 0.0496. The van der Waals surface area contributed by atoms with Crippen molar-refractivity contribution in [3.8, 4) is 0 Å². The zero-order chi connectivity index (χ0) is 23.5. The zero-order valence-corrected chi connectivity index (χ0v) is 20.6. The predicted molar refractivity (Wildman–Crippen MR) is 126 cm³/mol. The van der Waals surface area contributed by atoms with Crippen molar-refractivity contribution < 1.29 is 19.7 Å². The summed E-state index contributed by atoms with van der Waals surface area (Å²) < 4.78 is 0. The Bertz CT molecular complexity index is 895. The van der Waals surface area contributed by atoms with Crippen LogP contribution in [0.5, 0.6) is 0 Å². The predicted octanol–water partition coefficient (Wildman–Crippen LogP) is 6.33. The number of hydrogen-bond donors (Lipinski definition) is 1. The number of fused-ring (bicyclic) bond motifs is 5. The highest BCUT2D eigenvalue weighted by atomic mass is 17.1. The Hall–Kier alpha value is -1.52. The molecule has 0 bridgehead atoms. The van der Waals surface area contributed by atoms with E-state index in [4.69, 9.17) is 4.89 Å². The summed E-state index contributed by atoms with van der Waals surface area (Å²) in [6.45, 7) is 13.4. The van der Waals surface area contributed by atoms with Crippen LogP contribution >= 0.6 is 0 Å². The summed E-state index contributed by atoms with van der Waals surface area (Å²) in [6, 6.07) is 0. The average Bonchev–Trinajstić information content (AvgIpc) is 3.06. The SMILES string of the molecule is CC(C)[C@@H](C)/C=C/[C@@H](C)[C@H]1CC[C@@]2(OO)C3=CC(=O)C4=CC(=O)CC[C@]4(C)[C@H]3CC[C@]12C. The first-order chi connectivity index (χ1) is 15.0. The molecule has 4 nitrogen and oxygen atoms in total. The molecule has 0 radical (unpaired) electrons. The summed E-state index contributed by atoms with van der Waals surface area (Å²) >= 11 is 0. The van der Waals surface area contributed by atoms with Crippen LogP contribution in [0.1, 0.15) is 80.1 Å². The topological polar surface area (TPSA) is 63.6 Å². The Morgan fingerprint density at radius 2 is 1.75 bits per heavy atom. The van der Waals surface area contributed by atoms with E-state index in [2.05, 4.69) is 53.7 Å². The van der Waals surface area contributed by atoms with Gasteiger partial charge in [0.25, 0.3) is 0 Å². The highest BCUT2D eigenvalue weighted by Crippen LogP contribution is 2.68. The van der Waals surface area contributed by atoms with E-state index in [0.29, 0.717) is 42.1 Å². The molecule has 4 rings (SSSR count). The molecule has 0 aromatic rings. The number of carbonyl (C=O) groups is 2. The van der Waals surface area contributed by atoms with Gasteiger partial charge < -0.3 is 0 Å². The second kappa shape index (κ2) is 8.06. The van der Waals surface area contributed by atoms with E-state index < -0.39 is 5.60 Å². The molecule has 176 valence electrons. The maximum absolute atomic E-state index is 13.2. The van der Waals surface area contributed by atoms with Gasteiger partial charge in [-0.15, -0.1) is 0 Å². The van der Waals surface area contributed by atoms with E-state index in [9.17, 15) is 14.8 Å². The van der Waals surface area contributed by atoms with Crippen molar-refractivity contribution in [2.45, 2.75) is 85.7 Å². The summed E-state index contributed by atoms with van der Waals surface area (Å²) in [5.74, 6) is 1.98. The van der Waals surface area contributed by atoms with Gasteiger partial charge in [0, 0.05) is 22.8 Å². The first-order valence-electron chi connectivity index (χ1n) is 12.5. The van der Waals surface area contributed by atoms with Crippen LogP contribution in [0.2, 0.25) is 0 Å². The minimum Gasteiger partial charge on any atom is -0.295 e. The molecule has 1 N–H and O–H groups in total. The van der Waals surface area contributed by atoms with Crippen molar-refractivity contribution in [1.29, 1.82) is 0 Å². The Balaban J connectivity index is 1.72. The summed E-state index contributed by atoms with van der Waals surface area (Å²) in [6.07, 6.45) is 12.8. The van der Waals surface area contributed by atoms with Crippen LogP contribution in [0.4, 0.5) is 0 Å². The lowest BCUT2D eigenvalue weighted by atomic mass is 9.48. The molecule has 2 fully saturated rings. The number of carbonyl (C=O) groups excluding carboxylic acids is 2. The number of rotatable bonds is 5. The summed E-state index contributed by atoms with van der Waals surface area (Å²) in [5, 5.41) is 10.4. The first-order valence-corrected chi connectivity index (χ1v) is 12.5. The third kappa shape index (κ3) is 3.24. The molecule has 4 heteroatoms. The molecule has 7 atom stereocenters. The van der Waals surface area contributed by atoms with Crippen LogP contribution in [0.3, 0.4) is 0 Å². The Morgan fingerprint density at radius 3 is 2.41 bits per heavy atom. The van der Waals surface area contributed by atoms with E-state index in [0.717, 1.165) is 31.3 Å². The van der Waals surface area contributed by atoms with Crippen molar-refractivity contribution in [2.24, 2.45) is 40.4 Å². The van der Waals surface area contributed by atoms with Gasteiger partial charge in [-0.05, 0) is 79.4 Å². The van der Waals surface area contributed by atoms with E-state index in [1.54, 1.807) is 12.2 Å². The fourth-order valence-corrected chi connectivity index (χ4v) is 7.49. The highest BCUT2D eigenvalue weighted by molar-refractivity contribution is 6.11. The molecule has 0 amide bonds. The van der Waals surface area contributed by atoms with Crippen molar-refractivity contribution in [2.75, 3.05) is 0 Å². The molecule has 0 unspecified atom stereocenters. The van der Waals surface area contributed by atoms with Crippen molar-refractivity contribution >= 4 is 11.6 Å². The monoisotopic (exact) mass is 440 g/mol. The molecule has 32 heavy (non-hydrogen) atoms. The summed E-state index contributed by atoms with van der Waals surface area (Å²) in [4.78, 5) is 30.7. The van der Waals surface area contributed by atoms with Gasteiger partial charge in [0.2, 0.25) is 0 Å². The first kappa shape index (κ1) is 23.6. The summed E-state index contributed by atoms with van der Waals surface area (Å²) in [5.41, 5.74) is 0.225. The summed E-state index contributed by atoms with van der Waals surface area (Å²) in [7, 11) is 0. The molecule has 0 aliphatic heterocycles. The molecule has 0 heterocycles. The maximum Gasteiger partial charge on any atom is 0.182 e. The van der Waals surface area contributed by atoms with E-state index in [1.165, 1.54) is 0 Å². The third-order valence-corrected chi connectivity index (χ3v) is 10.0. The van der Waals surface area contributed by atoms with Crippen molar-refractivity contribution in [3.05, 3.63) is 35.5 Å². The van der Waals surface area contributed by atoms with E-state index in [1.807, 2.05) is 0 Å². The van der Waals surface area contributed by atoms with Gasteiger partial charge in [-0.25, -0.2) is 4.89 Å². The van der Waals surface area contributed by atoms with Crippen LogP contribution in [0.25, 0.3) is 0 Å². The Morgan fingerprint density at radius 1 is 1.03 bits per heavy atom. The fraction of sp³-hybridized carbons (Fsp3) is 0.714. The third-order valence-electron chi connectivity index (χ3n) is 10.0. The van der Waals surface area contributed by atoms with Crippen molar-refractivity contribution in [3.63, 3.8) is 0 Å².